The minimum Gasteiger partial charge on any atom is -0.379 e. The van der Waals surface area contributed by atoms with E-state index in [0.717, 1.165) is 44.4 Å². The summed E-state index contributed by atoms with van der Waals surface area (Å²) >= 11 is 0. The second-order valence-corrected chi connectivity index (χ2v) is 6.66. The number of guanidine groups is 1. The summed E-state index contributed by atoms with van der Waals surface area (Å²) in [4.78, 5) is 23.3. The first-order valence-corrected chi connectivity index (χ1v) is 9.65. The summed E-state index contributed by atoms with van der Waals surface area (Å²) in [6.45, 7) is 11.6. The number of hydrogen-bond acceptors (Lipinski definition) is 5. The Balaban J connectivity index is 0.00000392. The fourth-order valence-electron chi connectivity index (χ4n) is 2.74. The molecule has 1 fully saturated rings. The largest absolute Gasteiger partial charge is 0.379 e. The van der Waals surface area contributed by atoms with Crippen molar-refractivity contribution >= 4 is 41.7 Å². The Labute approximate surface area is 184 Å². The number of rotatable bonds is 8. The molecule has 0 aliphatic carbocycles. The van der Waals surface area contributed by atoms with E-state index < -0.39 is 0 Å². The Morgan fingerprint density at radius 3 is 2.71 bits per heavy atom. The van der Waals surface area contributed by atoms with Gasteiger partial charge in [0.2, 0.25) is 5.91 Å². The van der Waals surface area contributed by atoms with E-state index in [4.69, 9.17) is 4.74 Å². The maximum atomic E-state index is 12.0. The number of ether oxygens (including phenoxy) is 1. The number of amides is 1. The molecule has 28 heavy (non-hydrogen) atoms. The van der Waals surface area contributed by atoms with Gasteiger partial charge in [0.05, 0.1) is 19.8 Å². The van der Waals surface area contributed by atoms with Crippen LogP contribution in [0.15, 0.2) is 23.3 Å². The Bertz CT molecular complexity index is 605. The van der Waals surface area contributed by atoms with E-state index >= 15 is 0 Å². The quantitative estimate of drug-likeness (QED) is 0.283. The SMILES string of the molecule is CCNC(=NCC(C)N1CCOCC1)NCCC(=O)Nc1ccc(C)cn1.I. The van der Waals surface area contributed by atoms with Gasteiger partial charge in [-0.25, -0.2) is 4.98 Å². The van der Waals surface area contributed by atoms with Crippen molar-refractivity contribution in [1.82, 2.24) is 20.5 Å². The minimum atomic E-state index is -0.0728. The van der Waals surface area contributed by atoms with Crippen molar-refractivity contribution in [2.75, 3.05) is 51.3 Å². The summed E-state index contributed by atoms with van der Waals surface area (Å²) in [5, 5.41) is 9.24. The number of aryl methyl sites for hydroxylation is 1. The Kier molecular flexibility index (Phi) is 12.0. The maximum Gasteiger partial charge on any atom is 0.227 e. The van der Waals surface area contributed by atoms with E-state index in [2.05, 4.69) is 37.8 Å². The van der Waals surface area contributed by atoms with Crippen LogP contribution in [0.3, 0.4) is 0 Å². The van der Waals surface area contributed by atoms with Crippen LogP contribution >= 0.6 is 24.0 Å². The summed E-state index contributed by atoms with van der Waals surface area (Å²) in [7, 11) is 0. The van der Waals surface area contributed by atoms with Crippen molar-refractivity contribution in [3.05, 3.63) is 23.9 Å². The van der Waals surface area contributed by atoms with Crippen LogP contribution in [0.5, 0.6) is 0 Å². The number of anilines is 1. The number of pyridine rings is 1. The van der Waals surface area contributed by atoms with Crippen LogP contribution in [0.4, 0.5) is 5.82 Å². The smallest absolute Gasteiger partial charge is 0.227 e. The van der Waals surface area contributed by atoms with Gasteiger partial charge >= 0.3 is 0 Å². The third kappa shape index (κ3) is 9.16. The molecule has 1 aliphatic heterocycles. The predicted molar refractivity (Wildman–Crippen MR) is 123 cm³/mol. The van der Waals surface area contributed by atoms with Crippen LogP contribution in [0.1, 0.15) is 25.8 Å². The zero-order valence-electron chi connectivity index (χ0n) is 17.0. The minimum absolute atomic E-state index is 0. The average Bonchev–Trinajstić information content (AvgIpc) is 2.68. The van der Waals surface area contributed by atoms with Crippen LogP contribution in [0.2, 0.25) is 0 Å². The molecule has 8 nitrogen and oxygen atoms in total. The van der Waals surface area contributed by atoms with Gasteiger partial charge < -0.3 is 20.7 Å². The highest BCUT2D eigenvalue weighted by atomic mass is 127. The van der Waals surface area contributed by atoms with Crippen LogP contribution in [0.25, 0.3) is 0 Å². The molecule has 1 atom stereocenters. The molecule has 1 aliphatic rings. The lowest BCUT2D eigenvalue weighted by Gasteiger charge is -2.31. The molecule has 0 saturated carbocycles. The Morgan fingerprint density at radius 2 is 2.07 bits per heavy atom. The van der Waals surface area contributed by atoms with Crippen LogP contribution in [-0.2, 0) is 9.53 Å². The number of aromatic nitrogens is 1. The number of morpholine rings is 1. The summed E-state index contributed by atoms with van der Waals surface area (Å²) in [5.41, 5.74) is 1.06. The number of nitrogens with one attached hydrogen (secondary N) is 3. The van der Waals surface area contributed by atoms with Crippen LogP contribution in [0, 0.1) is 6.92 Å². The van der Waals surface area contributed by atoms with E-state index in [1.165, 1.54) is 0 Å². The highest BCUT2D eigenvalue weighted by Crippen LogP contribution is 2.05. The zero-order chi connectivity index (χ0) is 19.5. The number of hydrogen-bond donors (Lipinski definition) is 3. The van der Waals surface area contributed by atoms with Gasteiger partial charge in [-0.15, -0.1) is 24.0 Å². The van der Waals surface area contributed by atoms with Crippen molar-refractivity contribution in [3.8, 4) is 0 Å². The molecule has 158 valence electrons. The lowest BCUT2D eigenvalue weighted by Crippen LogP contribution is -2.44. The monoisotopic (exact) mass is 504 g/mol. The van der Waals surface area contributed by atoms with E-state index in [0.29, 0.717) is 31.4 Å². The molecule has 1 aromatic rings. The Hall–Kier alpha value is -1.46. The van der Waals surface area contributed by atoms with Crippen molar-refractivity contribution in [2.24, 2.45) is 4.99 Å². The molecule has 1 unspecified atom stereocenters. The lowest BCUT2D eigenvalue weighted by molar-refractivity contribution is -0.116. The molecule has 0 aromatic carbocycles. The molecule has 2 heterocycles. The molecule has 1 amide bonds. The summed E-state index contributed by atoms with van der Waals surface area (Å²) < 4.78 is 5.39. The van der Waals surface area contributed by atoms with Crippen molar-refractivity contribution in [1.29, 1.82) is 0 Å². The maximum absolute atomic E-state index is 12.0. The molecule has 2 rings (SSSR count). The number of carbonyl (C=O) groups excluding carboxylic acids is 1. The number of carbonyl (C=O) groups is 1. The van der Waals surface area contributed by atoms with Crippen molar-refractivity contribution in [2.45, 2.75) is 33.2 Å². The van der Waals surface area contributed by atoms with Gasteiger partial charge in [-0.3, -0.25) is 14.7 Å². The highest BCUT2D eigenvalue weighted by Gasteiger charge is 2.16. The molecule has 0 bridgehead atoms. The molecule has 1 aromatic heterocycles. The summed E-state index contributed by atoms with van der Waals surface area (Å²) in [6, 6.07) is 4.09. The molecule has 1 saturated heterocycles. The van der Waals surface area contributed by atoms with E-state index in [-0.39, 0.29) is 29.9 Å². The van der Waals surface area contributed by atoms with Gasteiger partial charge in [-0.2, -0.15) is 0 Å². The van der Waals surface area contributed by atoms with Gasteiger partial charge in [0.15, 0.2) is 5.96 Å². The summed E-state index contributed by atoms with van der Waals surface area (Å²) in [5.74, 6) is 1.24. The van der Waals surface area contributed by atoms with Gasteiger partial charge in [0.1, 0.15) is 5.82 Å². The normalized spacial score (nSPS) is 16.0. The number of nitrogens with zero attached hydrogens (tertiary/aromatic N) is 3. The van der Waals surface area contributed by atoms with E-state index in [1.54, 1.807) is 12.3 Å². The second-order valence-electron chi connectivity index (χ2n) is 6.66. The standard InChI is InChI=1S/C19H32N6O2.HI/c1-4-20-19(23-14-16(3)25-9-11-27-12-10-25)21-8-7-18(26)24-17-6-5-15(2)13-22-17;/h5-6,13,16H,4,7-12,14H2,1-3H3,(H2,20,21,23)(H,22,24,26);1H. The molecule has 9 heteroatoms. The van der Waals surface area contributed by atoms with E-state index in [1.807, 2.05) is 19.9 Å². The topological polar surface area (TPSA) is 90.9 Å². The Morgan fingerprint density at radius 1 is 1.32 bits per heavy atom. The molecule has 0 spiro atoms. The molecular weight excluding hydrogens is 471 g/mol. The van der Waals surface area contributed by atoms with Gasteiger partial charge in [-0.05, 0) is 32.4 Å². The second kappa shape index (κ2) is 13.7. The third-order valence-electron chi connectivity index (χ3n) is 4.35. The number of aliphatic imine (C=N–C) groups is 1. The zero-order valence-corrected chi connectivity index (χ0v) is 19.4. The molecule has 0 radical (unpaired) electrons. The average molecular weight is 504 g/mol. The fourth-order valence-corrected chi connectivity index (χ4v) is 2.74. The predicted octanol–water partition coefficient (Wildman–Crippen LogP) is 1.61. The first-order chi connectivity index (χ1) is 13.1. The third-order valence-corrected chi connectivity index (χ3v) is 4.35. The van der Waals surface area contributed by atoms with Crippen molar-refractivity contribution in [3.63, 3.8) is 0 Å². The van der Waals surface area contributed by atoms with Crippen LogP contribution in [-0.4, -0.2) is 73.7 Å². The highest BCUT2D eigenvalue weighted by molar-refractivity contribution is 14.0. The van der Waals surface area contributed by atoms with Crippen LogP contribution < -0.4 is 16.0 Å². The van der Waals surface area contributed by atoms with Crippen molar-refractivity contribution < 1.29 is 9.53 Å². The fraction of sp³-hybridized carbons (Fsp3) is 0.632. The van der Waals surface area contributed by atoms with Gasteiger partial charge in [0, 0.05) is 44.8 Å². The molecule has 3 N–H and O–H groups in total. The first kappa shape index (κ1) is 24.6. The number of halogens is 1. The van der Waals surface area contributed by atoms with Gasteiger partial charge in [-0.1, -0.05) is 6.07 Å². The van der Waals surface area contributed by atoms with Gasteiger partial charge in [0.25, 0.3) is 0 Å². The van der Waals surface area contributed by atoms with E-state index in [9.17, 15) is 4.79 Å². The molecular formula is C19H33IN6O2. The summed E-state index contributed by atoms with van der Waals surface area (Å²) in [6.07, 6.45) is 2.08. The first-order valence-electron chi connectivity index (χ1n) is 9.65. The lowest BCUT2D eigenvalue weighted by atomic mass is 10.2.